The Bertz CT molecular complexity index is 1010. The van der Waals surface area contributed by atoms with E-state index in [2.05, 4.69) is 34.9 Å². The maximum Gasteiger partial charge on any atom is 0.407 e. The minimum atomic E-state index is -0.949. The summed E-state index contributed by atoms with van der Waals surface area (Å²) in [7, 11) is 0. The number of nitrogens with one attached hydrogen (secondary N) is 2. The van der Waals surface area contributed by atoms with Crippen LogP contribution in [-0.2, 0) is 14.3 Å². The second kappa shape index (κ2) is 11.9. The van der Waals surface area contributed by atoms with E-state index in [1.54, 1.807) is 6.92 Å². The molecule has 2 aromatic carbocycles. The molecule has 0 fully saturated rings. The van der Waals surface area contributed by atoms with Crippen molar-refractivity contribution < 1.29 is 24.2 Å². The highest BCUT2D eigenvalue weighted by Gasteiger charge is 2.32. The second-order valence-corrected chi connectivity index (χ2v) is 9.62. The largest absolute Gasteiger partial charge is 0.481 e. The molecule has 0 aromatic heterocycles. The third-order valence-corrected chi connectivity index (χ3v) is 6.65. The Hall–Kier alpha value is -3.35. The Morgan fingerprint density at radius 3 is 2.03 bits per heavy atom. The normalized spacial score (nSPS) is 15.0. The van der Waals surface area contributed by atoms with Gasteiger partial charge in [0.15, 0.2) is 0 Å². The van der Waals surface area contributed by atoms with Crippen molar-refractivity contribution in [1.82, 2.24) is 10.6 Å². The molecule has 0 saturated carbocycles. The summed E-state index contributed by atoms with van der Waals surface area (Å²) in [6.07, 6.45) is 0.641. The van der Waals surface area contributed by atoms with Crippen LogP contribution in [0.1, 0.15) is 64.0 Å². The van der Waals surface area contributed by atoms with E-state index in [1.165, 1.54) is 0 Å². The zero-order chi connectivity index (χ0) is 25.5. The molecular weight excluding hydrogens is 444 g/mol. The topological polar surface area (TPSA) is 105 Å². The number of ether oxygens (including phenoxy) is 1. The molecule has 35 heavy (non-hydrogen) atoms. The predicted octanol–water partition coefficient (Wildman–Crippen LogP) is 4.95. The lowest BCUT2D eigenvalue weighted by Gasteiger charge is -2.29. The van der Waals surface area contributed by atoms with Crippen molar-refractivity contribution in [2.24, 2.45) is 11.8 Å². The van der Waals surface area contributed by atoms with Gasteiger partial charge in [-0.2, -0.15) is 0 Å². The highest BCUT2D eigenvalue weighted by molar-refractivity contribution is 5.82. The van der Waals surface area contributed by atoms with Crippen molar-refractivity contribution in [2.75, 3.05) is 6.61 Å². The van der Waals surface area contributed by atoms with Crippen LogP contribution in [0.5, 0.6) is 0 Å². The fourth-order valence-corrected chi connectivity index (χ4v) is 5.10. The van der Waals surface area contributed by atoms with Gasteiger partial charge < -0.3 is 20.5 Å². The summed E-state index contributed by atoms with van der Waals surface area (Å²) < 4.78 is 5.63. The Balaban J connectivity index is 1.62. The number of rotatable bonds is 11. The molecule has 188 valence electrons. The number of fused-ring (bicyclic) bond motifs is 3. The smallest absolute Gasteiger partial charge is 0.407 e. The number of benzene rings is 2. The summed E-state index contributed by atoms with van der Waals surface area (Å²) in [5.41, 5.74) is 4.58. The Morgan fingerprint density at radius 1 is 0.943 bits per heavy atom. The van der Waals surface area contributed by atoms with Crippen LogP contribution < -0.4 is 10.6 Å². The molecule has 0 heterocycles. The number of alkyl carbamates (subject to hydrolysis) is 1. The van der Waals surface area contributed by atoms with E-state index in [4.69, 9.17) is 9.84 Å². The molecule has 0 aliphatic heterocycles. The van der Waals surface area contributed by atoms with Crippen LogP contribution in [0.2, 0.25) is 0 Å². The van der Waals surface area contributed by atoms with Crippen molar-refractivity contribution in [1.29, 1.82) is 0 Å². The Kier molecular flexibility index (Phi) is 8.90. The average molecular weight is 481 g/mol. The number of hydrogen-bond acceptors (Lipinski definition) is 4. The molecule has 3 atom stereocenters. The molecule has 3 N–H and O–H groups in total. The molecule has 3 rings (SSSR count). The molecule has 1 aliphatic rings. The maximum atomic E-state index is 13.0. The van der Waals surface area contributed by atoms with E-state index >= 15 is 0 Å². The van der Waals surface area contributed by atoms with Gasteiger partial charge in [0.25, 0.3) is 0 Å². The van der Waals surface area contributed by atoms with Gasteiger partial charge in [-0.25, -0.2) is 4.79 Å². The van der Waals surface area contributed by atoms with Crippen LogP contribution in [0.4, 0.5) is 4.79 Å². The van der Waals surface area contributed by atoms with Gasteiger partial charge in [0.2, 0.25) is 5.91 Å². The molecule has 2 aromatic rings. The molecule has 0 bridgehead atoms. The number of carboxylic acid groups (broad SMARTS) is 1. The predicted molar refractivity (Wildman–Crippen MR) is 135 cm³/mol. The van der Waals surface area contributed by atoms with E-state index in [0.717, 1.165) is 28.7 Å². The molecule has 0 saturated heterocycles. The monoisotopic (exact) mass is 480 g/mol. The van der Waals surface area contributed by atoms with Gasteiger partial charge >= 0.3 is 12.1 Å². The summed E-state index contributed by atoms with van der Waals surface area (Å²) in [4.78, 5) is 36.9. The quantitative estimate of drug-likeness (QED) is 0.422. The molecule has 1 aliphatic carbocycles. The first kappa shape index (κ1) is 26.3. The van der Waals surface area contributed by atoms with E-state index in [0.29, 0.717) is 6.42 Å². The summed E-state index contributed by atoms with van der Waals surface area (Å²) >= 11 is 0. The number of amides is 2. The number of carboxylic acids is 1. The van der Waals surface area contributed by atoms with Crippen molar-refractivity contribution in [3.63, 3.8) is 0 Å². The Morgan fingerprint density at radius 2 is 1.51 bits per heavy atom. The van der Waals surface area contributed by atoms with Crippen LogP contribution in [0, 0.1) is 11.8 Å². The summed E-state index contributed by atoms with van der Waals surface area (Å²) in [6, 6.07) is 15.4. The van der Waals surface area contributed by atoms with Gasteiger partial charge in [-0.3, -0.25) is 9.59 Å². The lowest BCUT2D eigenvalue weighted by molar-refractivity contribution is -0.138. The number of carbonyl (C=O) groups excluding carboxylic acids is 2. The molecule has 2 amide bonds. The lowest BCUT2D eigenvalue weighted by atomic mass is 9.88. The standard InChI is InChI=1S/C28H36N2O5/c1-5-10-19(15-25(31)32)30-27(33)26(17(2)3)18(4)29-28(34)35-16-24-22-13-8-6-11-20(22)21-12-7-9-14-23(21)24/h6-9,11-14,17-19,24,26H,5,10,15-16H2,1-4H3,(H,29,34)(H,30,33)(H,31,32). The minimum Gasteiger partial charge on any atom is -0.481 e. The van der Waals surface area contributed by atoms with E-state index in [9.17, 15) is 14.4 Å². The SMILES string of the molecule is CCCC(CC(=O)O)NC(=O)C(C(C)C)C(C)NC(=O)OCC1c2ccccc2-c2ccccc21. The van der Waals surface area contributed by atoms with Gasteiger partial charge in [-0.15, -0.1) is 0 Å². The van der Waals surface area contributed by atoms with Crippen LogP contribution in [0.25, 0.3) is 11.1 Å². The first-order valence-electron chi connectivity index (χ1n) is 12.4. The van der Waals surface area contributed by atoms with E-state index < -0.39 is 30.1 Å². The van der Waals surface area contributed by atoms with Crippen LogP contribution in [0.3, 0.4) is 0 Å². The molecule has 7 heteroatoms. The third kappa shape index (κ3) is 6.41. The van der Waals surface area contributed by atoms with Gasteiger partial charge in [-0.05, 0) is 41.5 Å². The van der Waals surface area contributed by atoms with Crippen molar-refractivity contribution in [3.8, 4) is 11.1 Å². The molecule has 7 nitrogen and oxygen atoms in total. The third-order valence-electron chi connectivity index (χ3n) is 6.65. The number of hydrogen-bond donors (Lipinski definition) is 3. The van der Waals surface area contributed by atoms with Gasteiger partial charge in [0.1, 0.15) is 6.61 Å². The van der Waals surface area contributed by atoms with Gasteiger partial charge in [0.05, 0.1) is 12.3 Å². The number of aliphatic carboxylic acids is 1. The molecule has 3 unspecified atom stereocenters. The molecule has 0 spiro atoms. The van der Waals surface area contributed by atoms with Crippen LogP contribution in [0.15, 0.2) is 48.5 Å². The van der Waals surface area contributed by atoms with Crippen LogP contribution >= 0.6 is 0 Å². The molecule has 0 radical (unpaired) electrons. The van der Waals surface area contributed by atoms with Crippen LogP contribution in [-0.4, -0.2) is 41.8 Å². The van der Waals surface area contributed by atoms with Crippen molar-refractivity contribution in [3.05, 3.63) is 59.7 Å². The first-order chi connectivity index (χ1) is 16.7. The first-order valence-corrected chi connectivity index (χ1v) is 12.4. The lowest BCUT2D eigenvalue weighted by Crippen LogP contribution is -2.50. The Labute approximate surface area is 207 Å². The van der Waals surface area contributed by atoms with Crippen molar-refractivity contribution >= 4 is 18.0 Å². The van der Waals surface area contributed by atoms with Gasteiger partial charge in [-0.1, -0.05) is 75.7 Å². The zero-order valence-corrected chi connectivity index (χ0v) is 20.9. The fraction of sp³-hybridized carbons (Fsp3) is 0.464. The fourth-order valence-electron chi connectivity index (χ4n) is 5.10. The van der Waals surface area contributed by atoms with Gasteiger partial charge in [0, 0.05) is 18.0 Å². The van der Waals surface area contributed by atoms with E-state index in [-0.39, 0.29) is 30.8 Å². The highest BCUT2D eigenvalue weighted by atomic mass is 16.5. The second-order valence-electron chi connectivity index (χ2n) is 9.62. The van der Waals surface area contributed by atoms with Crippen molar-refractivity contribution in [2.45, 2.75) is 65.0 Å². The van der Waals surface area contributed by atoms with E-state index in [1.807, 2.05) is 45.0 Å². The maximum absolute atomic E-state index is 13.0. The summed E-state index contributed by atoms with van der Waals surface area (Å²) in [5.74, 6) is -1.84. The average Bonchev–Trinajstić information content (AvgIpc) is 3.11. The number of carbonyl (C=O) groups is 3. The summed E-state index contributed by atoms with van der Waals surface area (Å²) in [6.45, 7) is 7.74. The minimum absolute atomic E-state index is 0.0431. The molecular formula is C28H36N2O5. The highest BCUT2D eigenvalue weighted by Crippen LogP contribution is 2.44. The zero-order valence-electron chi connectivity index (χ0n) is 20.9. The summed E-state index contributed by atoms with van der Waals surface area (Å²) in [5, 5.41) is 14.8.